The van der Waals surface area contributed by atoms with Gasteiger partial charge in [-0.15, -0.1) is 0 Å². The van der Waals surface area contributed by atoms with Gasteiger partial charge in [-0.3, -0.25) is 25.0 Å². The van der Waals surface area contributed by atoms with E-state index in [9.17, 15) is 42.5 Å². The number of anilines is 1. The highest BCUT2D eigenvalue weighted by Crippen LogP contribution is 2.34. The van der Waals surface area contributed by atoms with E-state index in [0.29, 0.717) is 5.69 Å². The maximum Gasteiger partial charge on any atom is 0.397 e. The lowest BCUT2D eigenvalue weighted by atomic mass is 10.2. The monoisotopic (exact) mass is 620 g/mol. The normalized spacial score (nSPS) is 12.3. The number of para-hydroxylation sites is 1. The Kier molecular flexibility index (Phi) is 8.61. The van der Waals surface area contributed by atoms with Gasteiger partial charge in [0.05, 0.1) is 41.3 Å². The number of hydrogen-bond donors (Lipinski definition) is 3. The zero-order valence-corrected chi connectivity index (χ0v) is 22.9. The van der Waals surface area contributed by atoms with Crippen molar-refractivity contribution in [2.75, 3.05) is 19.5 Å². The number of rotatable bonds is 10. The summed E-state index contributed by atoms with van der Waals surface area (Å²) in [6.45, 7) is 0. The number of nitro groups is 2. The molecular weight excluding hydrogens is 602 g/mol. The number of carbonyl (C=O) groups excluding carboxylic acids is 1. The van der Waals surface area contributed by atoms with Gasteiger partial charge in [-0.05, 0) is 23.0 Å². The van der Waals surface area contributed by atoms with E-state index in [1.54, 1.807) is 30.3 Å². The number of nitrogens with zero attached hydrogens (tertiary/aromatic N) is 6. The van der Waals surface area contributed by atoms with Crippen molar-refractivity contribution in [1.82, 2.24) is 15.0 Å². The second kappa shape index (κ2) is 12.1. The molecule has 218 valence electrons. The number of nitrogens with one attached hydrogen (secondary N) is 1. The Morgan fingerprint density at radius 1 is 0.929 bits per heavy atom. The average molecular weight is 621 g/mol. The van der Waals surface area contributed by atoms with Crippen LogP contribution in [0.4, 0.5) is 17.1 Å². The summed E-state index contributed by atoms with van der Waals surface area (Å²) in [6, 6.07) is 11.6. The molecule has 4 aromatic rings. The number of methoxy groups -OCH3 is 2. The van der Waals surface area contributed by atoms with Crippen LogP contribution in [0, 0.1) is 20.2 Å². The minimum atomic E-state index is -2.88. The Balaban J connectivity index is 2.05. The number of nitro benzene ring substituents is 2. The molecule has 1 heterocycles. The van der Waals surface area contributed by atoms with Crippen molar-refractivity contribution in [2.45, 2.75) is 9.79 Å². The summed E-state index contributed by atoms with van der Waals surface area (Å²) >= 11 is -5.76. The molecule has 0 aliphatic rings. The van der Waals surface area contributed by atoms with Crippen LogP contribution in [0.1, 0.15) is 10.6 Å². The highest BCUT2D eigenvalue weighted by molar-refractivity contribution is 7.79. The van der Waals surface area contributed by atoms with Gasteiger partial charge in [0.25, 0.3) is 11.4 Å². The molecule has 0 saturated carbocycles. The average Bonchev–Trinajstić information content (AvgIpc) is 3.41. The third-order valence-electron chi connectivity index (χ3n) is 5.51. The van der Waals surface area contributed by atoms with Crippen LogP contribution in [-0.4, -0.2) is 62.5 Å². The Hall–Kier alpha value is -5.18. The zero-order chi connectivity index (χ0) is 30.7. The second-order valence-electron chi connectivity index (χ2n) is 7.92. The van der Waals surface area contributed by atoms with Crippen molar-refractivity contribution in [3.05, 3.63) is 80.7 Å². The van der Waals surface area contributed by atoms with E-state index in [4.69, 9.17) is 9.47 Å². The van der Waals surface area contributed by atoms with E-state index in [1.807, 2.05) is 0 Å². The predicted molar refractivity (Wildman–Crippen MR) is 142 cm³/mol. The van der Waals surface area contributed by atoms with Crippen LogP contribution in [0.3, 0.4) is 0 Å². The molecule has 0 radical (unpaired) electrons. The van der Waals surface area contributed by atoms with Crippen molar-refractivity contribution in [3.8, 4) is 22.9 Å². The van der Waals surface area contributed by atoms with Gasteiger partial charge in [0.15, 0.2) is 39.3 Å². The molecule has 0 aliphatic carbocycles. The molecule has 2 atom stereocenters. The maximum atomic E-state index is 13.1. The Morgan fingerprint density at radius 2 is 1.48 bits per heavy atom. The Bertz CT molecular complexity index is 1680. The molecule has 20 heteroatoms. The van der Waals surface area contributed by atoms with Crippen LogP contribution in [0.2, 0.25) is 0 Å². The quantitative estimate of drug-likeness (QED) is 0.0992. The zero-order valence-electron chi connectivity index (χ0n) is 21.3. The van der Waals surface area contributed by atoms with Crippen molar-refractivity contribution in [3.63, 3.8) is 0 Å². The summed E-state index contributed by atoms with van der Waals surface area (Å²) in [5, 5.41) is 34.0. The standard InChI is InChI=1S/C22H17N7O11S2/c1-39-17-8-15(28(31)32)19(41(35)36)10-13(17)26-24-21(22(30)23-12-6-4-3-5-7-12)25-27(26)14-11-20(42(37)38)16(29(33)34)9-18(14)40-2/h3-11H,1-2H3,(H2-,23,30,35,36,37,38)/p+1. The molecule has 0 saturated heterocycles. The highest BCUT2D eigenvalue weighted by Gasteiger charge is 2.35. The lowest BCUT2D eigenvalue weighted by Gasteiger charge is -2.10. The van der Waals surface area contributed by atoms with Crippen LogP contribution in [0.15, 0.2) is 64.4 Å². The summed E-state index contributed by atoms with van der Waals surface area (Å²) in [5.74, 6) is -1.92. The van der Waals surface area contributed by atoms with E-state index in [0.717, 1.165) is 48.1 Å². The molecule has 0 spiro atoms. The minimum absolute atomic E-state index is 0.251. The fraction of sp³-hybridized carbons (Fsp3) is 0.0909. The first-order valence-electron chi connectivity index (χ1n) is 11.2. The molecule has 3 aromatic carbocycles. The van der Waals surface area contributed by atoms with Crippen molar-refractivity contribution >= 4 is 45.1 Å². The summed E-state index contributed by atoms with van der Waals surface area (Å²) in [5.41, 5.74) is -1.67. The molecule has 1 amide bonds. The largest absolute Gasteiger partial charge is 0.494 e. The van der Waals surface area contributed by atoms with Gasteiger partial charge in [-0.25, -0.2) is 8.42 Å². The highest BCUT2D eigenvalue weighted by atomic mass is 32.2. The summed E-state index contributed by atoms with van der Waals surface area (Å²) in [7, 11) is 2.28. The molecule has 0 fully saturated rings. The van der Waals surface area contributed by atoms with E-state index >= 15 is 0 Å². The smallest absolute Gasteiger partial charge is 0.397 e. The molecule has 0 bridgehead atoms. The number of amides is 1. The predicted octanol–water partition coefficient (Wildman–Crippen LogP) is 1.79. The molecule has 42 heavy (non-hydrogen) atoms. The lowest BCUT2D eigenvalue weighted by Crippen LogP contribution is -2.44. The Morgan fingerprint density at radius 3 is 2.00 bits per heavy atom. The summed E-state index contributed by atoms with van der Waals surface area (Å²) in [4.78, 5) is 34.7. The first kappa shape index (κ1) is 29.8. The fourth-order valence-corrected chi connectivity index (χ4v) is 4.73. The van der Waals surface area contributed by atoms with Crippen molar-refractivity contribution in [1.29, 1.82) is 0 Å². The van der Waals surface area contributed by atoms with Gasteiger partial charge in [-0.2, -0.15) is 0 Å². The summed E-state index contributed by atoms with van der Waals surface area (Å²) in [6.07, 6.45) is 0. The fourth-order valence-electron chi connectivity index (χ4n) is 3.68. The second-order valence-corrected chi connectivity index (χ2v) is 9.80. The van der Waals surface area contributed by atoms with Gasteiger partial charge in [-0.1, -0.05) is 18.2 Å². The van der Waals surface area contributed by atoms with Crippen molar-refractivity contribution in [2.24, 2.45) is 0 Å². The summed E-state index contributed by atoms with van der Waals surface area (Å²) < 4.78 is 54.0. The molecule has 0 aliphatic heterocycles. The first-order chi connectivity index (χ1) is 20.0. The first-order valence-corrected chi connectivity index (χ1v) is 13.4. The van der Waals surface area contributed by atoms with Crippen LogP contribution >= 0.6 is 0 Å². The third kappa shape index (κ3) is 5.81. The van der Waals surface area contributed by atoms with E-state index in [-0.39, 0.29) is 22.9 Å². The number of tetrazole rings is 1. The van der Waals surface area contributed by atoms with E-state index in [2.05, 4.69) is 15.5 Å². The molecule has 1 aromatic heterocycles. The number of ether oxygens (including phenoxy) is 2. The van der Waals surface area contributed by atoms with Gasteiger partial charge in [0.2, 0.25) is 5.69 Å². The number of aromatic nitrogens is 4. The topological polar surface area (TPSA) is 243 Å². The van der Waals surface area contributed by atoms with E-state index < -0.39 is 64.9 Å². The minimum Gasteiger partial charge on any atom is -0.494 e. The Labute approximate surface area is 239 Å². The van der Waals surface area contributed by atoms with Crippen LogP contribution in [0.25, 0.3) is 11.4 Å². The molecule has 2 unspecified atom stereocenters. The van der Waals surface area contributed by atoms with Crippen LogP contribution in [-0.2, 0) is 22.2 Å². The molecule has 3 N–H and O–H groups in total. The maximum absolute atomic E-state index is 13.1. The molecule has 4 rings (SSSR count). The van der Waals surface area contributed by atoms with E-state index in [1.165, 1.54) is 0 Å². The van der Waals surface area contributed by atoms with Crippen LogP contribution in [0.5, 0.6) is 11.5 Å². The number of hydrogen-bond acceptors (Lipinski definition) is 11. The molecular formula is C22H18N7O11S2+. The van der Waals surface area contributed by atoms with Gasteiger partial charge in [0.1, 0.15) is 9.79 Å². The SMILES string of the molecule is COc1cc([N+](=O)[O-])c(S(=O)O)cc1-n1nc(C(=O)Nc2ccccc2)n[n+]1-c1cc(S(=O)O)c([N+](=O)[O-])cc1OC. The van der Waals surface area contributed by atoms with Gasteiger partial charge < -0.3 is 23.9 Å². The molecule has 18 nitrogen and oxygen atoms in total. The van der Waals surface area contributed by atoms with Gasteiger partial charge >= 0.3 is 11.7 Å². The van der Waals surface area contributed by atoms with Crippen molar-refractivity contribution < 1.29 is 46.4 Å². The van der Waals surface area contributed by atoms with Crippen LogP contribution < -0.4 is 19.6 Å². The number of benzene rings is 3. The third-order valence-corrected chi connectivity index (χ3v) is 6.92. The van der Waals surface area contributed by atoms with Gasteiger partial charge in [0, 0.05) is 21.6 Å². The lowest BCUT2D eigenvalue weighted by molar-refractivity contribution is -0.735. The number of carbonyl (C=O) groups is 1.